The van der Waals surface area contributed by atoms with E-state index in [1.54, 1.807) is 25.3 Å². The molecule has 1 aliphatic heterocycles. The van der Waals surface area contributed by atoms with Crippen LogP contribution in [0.3, 0.4) is 0 Å². The average molecular weight is 438 g/mol. The minimum absolute atomic E-state index is 0.0247. The van der Waals surface area contributed by atoms with Crippen LogP contribution in [0.1, 0.15) is 35.2 Å². The van der Waals surface area contributed by atoms with Crippen molar-refractivity contribution in [1.29, 1.82) is 0 Å². The number of aromatic nitrogens is 2. The van der Waals surface area contributed by atoms with E-state index in [-0.39, 0.29) is 16.3 Å². The number of nitrogens with one attached hydrogen (secondary N) is 2. The Morgan fingerprint density at radius 3 is 2.55 bits per heavy atom. The number of carbonyl (C=O) groups excluding carboxylic acids is 1. The van der Waals surface area contributed by atoms with Gasteiger partial charge in [-0.2, -0.15) is 4.31 Å². The zero-order chi connectivity index (χ0) is 21.2. The number of thioether (sulfide) groups is 1. The van der Waals surface area contributed by atoms with Crippen LogP contribution >= 0.6 is 11.8 Å². The average Bonchev–Trinajstić information content (AvgIpc) is 2.67. The zero-order valence-electron chi connectivity index (χ0n) is 16.2. The molecule has 2 aromatic rings. The first-order valence-electron chi connectivity index (χ1n) is 9.10. The quantitative estimate of drug-likeness (QED) is 0.463. The van der Waals surface area contributed by atoms with Crippen molar-refractivity contribution in [3.63, 3.8) is 0 Å². The summed E-state index contributed by atoms with van der Waals surface area (Å²) in [5, 5.41) is 3.24. The number of nitrogens with two attached hydrogens (primary N) is 1. The second-order valence-electron chi connectivity index (χ2n) is 6.73. The van der Waals surface area contributed by atoms with Crippen molar-refractivity contribution in [2.75, 3.05) is 24.7 Å². The number of sulfonamides is 1. The standard InChI is InChI=1S/C18H23N5O4S2/c1-11-10-12(6-7-13(11)29(26,27)23-8-4-3-5-9-23)20-16-14(15(19)24)17(25)22-18(21-16)28-2/h6-7,10H,3-5,8-9H2,1-2H3,(H2,19,24)(H2,20,21,22,25). The van der Waals surface area contributed by atoms with Crippen LogP contribution < -0.4 is 16.6 Å². The molecule has 0 atom stereocenters. The number of amides is 1. The summed E-state index contributed by atoms with van der Waals surface area (Å²) >= 11 is 1.21. The first-order valence-corrected chi connectivity index (χ1v) is 11.8. The Balaban J connectivity index is 1.95. The third-order valence-electron chi connectivity index (χ3n) is 4.71. The van der Waals surface area contributed by atoms with Crippen molar-refractivity contribution in [2.24, 2.45) is 5.73 Å². The third kappa shape index (κ3) is 4.46. The fraction of sp³-hybridized carbons (Fsp3) is 0.389. The third-order valence-corrected chi connectivity index (χ3v) is 7.35. The molecule has 11 heteroatoms. The second-order valence-corrected chi connectivity index (χ2v) is 9.43. The molecule has 29 heavy (non-hydrogen) atoms. The maximum Gasteiger partial charge on any atom is 0.266 e. The molecular formula is C18H23N5O4S2. The molecule has 0 aliphatic carbocycles. The number of aryl methyl sites for hydroxylation is 1. The van der Waals surface area contributed by atoms with Crippen molar-refractivity contribution < 1.29 is 13.2 Å². The Morgan fingerprint density at radius 1 is 1.28 bits per heavy atom. The summed E-state index contributed by atoms with van der Waals surface area (Å²) in [5.74, 6) is -0.883. The van der Waals surface area contributed by atoms with E-state index in [1.165, 1.54) is 22.1 Å². The Hall–Kier alpha value is -2.37. The van der Waals surface area contributed by atoms with Crippen molar-refractivity contribution in [1.82, 2.24) is 14.3 Å². The molecular weight excluding hydrogens is 414 g/mol. The van der Waals surface area contributed by atoms with Gasteiger partial charge in [0.2, 0.25) is 10.0 Å². The number of H-pyrrole nitrogens is 1. The van der Waals surface area contributed by atoms with E-state index < -0.39 is 21.5 Å². The van der Waals surface area contributed by atoms with Gasteiger partial charge < -0.3 is 16.0 Å². The number of piperidine rings is 1. The molecule has 2 heterocycles. The molecule has 0 saturated carbocycles. The summed E-state index contributed by atoms with van der Waals surface area (Å²) < 4.78 is 27.4. The molecule has 1 aliphatic rings. The van der Waals surface area contributed by atoms with Gasteiger partial charge in [0.1, 0.15) is 5.56 Å². The van der Waals surface area contributed by atoms with E-state index in [9.17, 15) is 18.0 Å². The van der Waals surface area contributed by atoms with Gasteiger partial charge in [-0.1, -0.05) is 18.2 Å². The number of primary amides is 1. The first-order chi connectivity index (χ1) is 13.7. The summed E-state index contributed by atoms with van der Waals surface area (Å²) in [6.45, 7) is 2.76. The minimum atomic E-state index is -3.56. The van der Waals surface area contributed by atoms with Crippen LogP contribution in [-0.4, -0.2) is 47.9 Å². The number of benzene rings is 1. The van der Waals surface area contributed by atoms with E-state index in [0.29, 0.717) is 29.5 Å². The summed E-state index contributed by atoms with van der Waals surface area (Å²) in [4.78, 5) is 30.8. The van der Waals surface area contributed by atoms with Crippen molar-refractivity contribution in [3.8, 4) is 0 Å². The molecule has 4 N–H and O–H groups in total. The fourth-order valence-corrected chi connectivity index (χ4v) is 5.37. The molecule has 0 radical (unpaired) electrons. The highest BCUT2D eigenvalue weighted by Gasteiger charge is 2.27. The molecule has 0 spiro atoms. The molecule has 1 aromatic carbocycles. The molecule has 1 amide bonds. The molecule has 156 valence electrons. The maximum atomic E-state index is 12.9. The molecule has 1 saturated heterocycles. The van der Waals surface area contributed by atoms with Gasteiger partial charge in [-0.05, 0) is 49.8 Å². The van der Waals surface area contributed by atoms with E-state index in [2.05, 4.69) is 15.3 Å². The van der Waals surface area contributed by atoms with Crippen molar-refractivity contribution in [3.05, 3.63) is 39.7 Å². The summed E-state index contributed by atoms with van der Waals surface area (Å²) in [6.07, 6.45) is 4.49. The monoisotopic (exact) mass is 437 g/mol. The van der Waals surface area contributed by atoms with Crippen LogP contribution in [0.25, 0.3) is 0 Å². The zero-order valence-corrected chi connectivity index (χ0v) is 17.8. The van der Waals surface area contributed by atoms with E-state index in [4.69, 9.17) is 5.73 Å². The molecule has 0 unspecified atom stereocenters. The van der Waals surface area contributed by atoms with Gasteiger partial charge >= 0.3 is 0 Å². The molecule has 9 nitrogen and oxygen atoms in total. The smallest absolute Gasteiger partial charge is 0.266 e. The van der Waals surface area contributed by atoms with Crippen LogP contribution in [0.5, 0.6) is 0 Å². The van der Waals surface area contributed by atoms with Gasteiger partial charge in [-0.3, -0.25) is 9.59 Å². The lowest BCUT2D eigenvalue weighted by atomic mass is 10.2. The van der Waals surface area contributed by atoms with Crippen LogP contribution in [0.4, 0.5) is 11.5 Å². The number of aromatic amines is 1. The Morgan fingerprint density at radius 2 is 1.97 bits per heavy atom. The van der Waals surface area contributed by atoms with Gasteiger partial charge in [-0.25, -0.2) is 13.4 Å². The van der Waals surface area contributed by atoms with Crippen molar-refractivity contribution in [2.45, 2.75) is 36.2 Å². The van der Waals surface area contributed by atoms with Crippen LogP contribution in [0.15, 0.2) is 33.0 Å². The van der Waals surface area contributed by atoms with Gasteiger partial charge in [0, 0.05) is 18.8 Å². The predicted octanol–water partition coefficient (Wildman–Crippen LogP) is 1.82. The largest absolute Gasteiger partial charge is 0.365 e. The normalized spacial score (nSPS) is 15.2. The van der Waals surface area contributed by atoms with Gasteiger partial charge in [0.15, 0.2) is 11.0 Å². The molecule has 1 aromatic heterocycles. The molecule has 3 rings (SSSR count). The highest BCUT2D eigenvalue weighted by Crippen LogP contribution is 2.27. The van der Waals surface area contributed by atoms with Crippen molar-refractivity contribution >= 4 is 39.2 Å². The van der Waals surface area contributed by atoms with Crippen LogP contribution in [0.2, 0.25) is 0 Å². The summed E-state index contributed by atoms with van der Waals surface area (Å²) in [6, 6.07) is 4.74. The van der Waals surface area contributed by atoms with E-state index >= 15 is 0 Å². The van der Waals surface area contributed by atoms with Crippen LogP contribution in [0, 0.1) is 6.92 Å². The number of carbonyl (C=O) groups is 1. The Labute approximate surface area is 173 Å². The number of anilines is 2. The fourth-order valence-electron chi connectivity index (χ4n) is 3.27. The predicted molar refractivity (Wildman–Crippen MR) is 112 cm³/mol. The van der Waals surface area contributed by atoms with Gasteiger partial charge in [-0.15, -0.1) is 0 Å². The number of hydrogen-bond acceptors (Lipinski definition) is 7. The van der Waals surface area contributed by atoms with E-state index in [0.717, 1.165) is 19.3 Å². The minimum Gasteiger partial charge on any atom is -0.365 e. The summed E-state index contributed by atoms with van der Waals surface area (Å²) in [5.41, 5.74) is 5.44. The van der Waals surface area contributed by atoms with Crippen LogP contribution in [-0.2, 0) is 10.0 Å². The lowest BCUT2D eigenvalue weighted by Crippen LogP contribution is -2.35. The molecule has 1 fully saturated rings. The lowest BCUT2D eigenvalue weighted by Gasteiger charge is -2.26. The Kier molecular flexibility index (Phi) is 6.30. The SMILES string of the molecule is CSc1nc(Nc2ccc(S(=O)(=O)N3CCCCC3)c(C)c2)c(C(N)=O)c(=O)[nH]1. The molecule has 0 bridgehead atoms. The Bertz CT molecular complexity index is 1090. The number of rotatable bonds is 6. The number of nitrogens with zero attached hydrogens (tertiary/aromatic N) is 2. The van der Waals surface area contributed by atoms with Gasteiger partial charge in [0.25, 0.3) is 11.5 Å². The highest BCUT2D eigenvalue weighted by molar-refractivity contribution is 7.98. The highest BCUT2D eigenvalue weighted by atomic mass is 32.2. The number of hydrogen-bond donors (Lipinski definition) is 3. The van der Waals surface area contributed by atoms with Gasteiger partial charge in [0.05, 0.1) is 4.90 Å². The van der Waals surface area contributed by atoms with E-state index in [1.807, 2.05) is 0 Å². The second kappa shape index (κ2) is 8.56. The summed E-state index contributed by atoms with van der Waals surface area (Å²) in [7, 11) is -3.56. The topological polar surface area (TPSA) is 138 Å². The maximum absolute atomic E-state index is 12.9. The lowest BCUT2D eigenvalue weighted by molar-refractivity contribution is 0.0999. The first kappa shape index (κ1) is 21.3.